The fraction of sp³-hybridized carbons (Fsp3) is 0.500. The molecule has 0 bridgehead atoms. The highest BCUT2D eigenvalue weighted by Crippen LogP contribution is 2.39. The Hall–Kier alpha value is -1.57. The molecule has 2 rings (SSSR count). The van der Waals surface area contributed by atoms with Crippen molar-refractivity contribution in [2.75, 3.05) is 33.9 Å². The van der Waals surface area contributed by atoms with Crippen molar-refractivity contribution in [3.05, 3.63) is 29.8 Å². The molecule has 1 aliphatic rings. The summed E-state index contributed by atoms with van der Waals surface area (Å²) in [6, 6.07) is 9.98. The summed E-state index contributed by atoms with van der Waals surface area (Å²) in [6.07, 6.45) is 0. The van der Waals surface area contributed by atoms with Gasteiger partial charge in [0.25, 0.3) is 0 Å². The molecule has 96 valence electrons. The van der Waals surface area contributed by atoms with Gasteiger partial charge in [0, 0.05) is 18.5 Å². The summed E-state index contributed by atoms with van der Waals surface area (Å²) in [5.41, 5.74) is 0.471. The van der Waals surface area contributed by atoms with Gasteiger partial charge >= 0.3 is 0 Å². The molecule has 1 saturated heterocycles. The van der Waals surface area contributed by atoms with Crippen molar-refractivity contribution in [1.82, 2.24) is 4.90 Å². The quantitative estimate of drug-likeness (QED) is 0.865. The van der Waals surface area contributed by atoms with E-state index in [0.717, 1.165) is 11.3 Å². The van der Waals surface area contributed by atoms with E-state index in [-0.39, 0.29) is 12.5 Å². The average Bonchev–Trinajstić information content (AvgIpc) is 2.76. The number of benzene rings is 1. The lowest BCUT2D eigenvalue weighted by Crippen LogP contribution is -2.38. The maximum absolute atomic E-state index is 9.83. The van der Waals surface area contributed by atoms with Gasteiger partial charge in [-0.15, -0.1) is 0 Å². The lowest BCUT2D eigenvalue weighted by molar-refractivity contribution is 0.179. The van der Waals surface area contributed by atoms with Crippen molar-refractivity contribution >= 4 is 0 Å². The highest BCUT2D eigenvalue weighted by atomic mass is 16.5. The summed E-state index contributed by atoms with van der Waals surface area (Å²) in [7, 11) is 3.59. The first-order chi connectivity index (χ1) is 8.66. The van der Waals surface area contributed by atoms with Gasteiger partial charge in [-0.05, 0) is 24.7 Å². The lowest BCUT2D eigenvalue weighted by atomic mass is 9.73. The molecule has 18 heavy (non-hydrogen) atoms. The predicted octanol–water partition coefficient (Wildman–Crippen LogP) is 1.01. The first kappa shape index (κ1) is 12.9. The first-order valence-corrected chi connectivity index (χ1v) is 6.00. The summed E-state index contributed by atoms with van der Waals surface area (Å²) < 4.78 is 5.22. The Morgan fingerprint density at radius 2 is 2.39 bits per heavy atom. The number of hydrogen-bond donors (Lipinski definition) is 1. The summed E-state index contributed by atoms with van der Waals surface area (Å²) >= 11 is 0. The summed E-state index contributed by atoms with van der Waals surface area (Å²) in [5, 5.41) is 19.2. The normalized spacial score (nSPS) is 28.0. The van der Waals surface area contributed by atoms with Crippen molar-refractivity contribution in [3.8, 4) is 11.8 Å². The fourth-order valence-corrected chi connectivity index (χ4v) is 2.78. The third-order valence-electron chi connectivity index (χ3n) is 3.80. The van der Waals surface area contributed by atoms with Crippen molar-refractivity contribution < 1.29 is 9.84 Å². The van der Waals surface area contributed by atoms with Crippen LogP contribution in [-0.2, 0) is 5.41 Å². The Bertz CT molecular complexity index is 469. The largest absolute Gasteiger partial charge is 0.497 e. The number of methoxy groups -OCH3 is 1. The van der Waals surface area contributed by atoms with E-state index in [0.29, 0.717) is 13.1 Å². The lowest BCUT2D eigenvalue weighted by Gasteiger charge is -2.30. The molecule has 1 aromatic rings. The Morgan fingerprint density at radius 1 is 1.61 bits per heavy atom. The molecule has 0 amide bonds. The number of likely N-dealkylation sites (tertiary alicyclic amines) is 1. The van der Waals surface area contributed by atoms with E-state index in [1.54, 1.807) is 7.11 Å². The standard InChI is InChI=1S/C14H18N2O2/c1-16-8-12(7-15)14(9-16,10-17)11-4-3-5-13(6-11)18-2/h3-6,12,17H,8-10H2,1-2H3. The minimum Gasteiger partial charge on any atom is -0.497 e. The molecule has 1 heterocycles. The molecule has 1 N–H and O–H groups in total. The Labute approximate surface area is 107 Å². The number of aliphatic hydroxyl groups is 1. The maximum Gasteiger partial charge on any atom is 0.119 e. The van der Waals surface area contributed by atoms with Crippen molar-refractivity contribution in [2.45, 2.75) is 5.41 Å². The van der Waals surface area contributed by atoms with Crippen LogP contribution < -0.4 is 4.74 Å². The van der Waals surface area contributed by atoms with Crippen LogP contribution in [0.15, 0.2) is 24.3 Å². The fourth-order valence-electron chi connectivity index (χ4n) is 2.78. The van der Waals surface area contributed by atoms with E-state index in [1.165, 1.54) is 0 Å². The van der Waals surface area contributed by atoms with Crippen LogP contribution in [0.3, 0.4) is 0 Å². The first-order valence-electron chi connectivity index (χ1n) is 6.00. The highest BCUT2D eigenvalue weighted by molar-refractivity contribution is 5.37. The average molecular weight is 246 g/mol. The van der Waals surface area contributed by atoms with Gasteiger partial charge in [0.2, 0.25) is 0 Å². The van der Waals surface area contributed by atoms with E-state index in [9.17, 15) is 10.4 Å². The van der Waals surface area contributed by atoms with Crippen LogP contribution in [0, 0.1) is 17.2 Å². The van der Waals surface area contributed by atoms with Gasteiger partial charge in [-0.1, -0.05) is 12.1 Å². The molecular weight excluding hydrogens is 228 g/mol. The van der Waals surface area contributed by atoms with Crippen LogP contribution in [0.4, 0.5) is 0 Å². The molecule has 0 spiro atoms. The maximum atomic E-state index is 9.83. The third-order valence-corrected chi connectivity index (χ3v) is 3.80. The third kappa shape index (κ3) is 1.96. The number of hydrogen-bond acceptors (Lipinski definition) is 4. The topological polar surface area (TPSA) is 56.5 Å². The summed E-state index contributed by atoms with van der Waals surface area (Å²) in [4.78, 5) is 2.09. The zero-order chi connectivity index (χ0) is 13.2. The number of nitrogens with zero attached hydrogens (tertiary/aromatic N) is 2. The van der Waals surface area contributed by atoms with Crippen molar-refractivity contribution in [3.63, 3.8) is 0 Å². The zero-order valence-corrected chi connectivity index (χ0v) is 10.8. The molecule has 0 radical (unpaired) electrons. The van der Waals surface area contributed by atoms with E-state index in [1.807, 2.05) is 31.3 Å². The molecular formula is C14H18N2O2. The zero-order valence-electron chi connectivity index (χ0n) is 10.8. The van der Waals surface area contributed by atoms with E-state index in [4.69, 9.17) is 4.74 Å². The SMILES string of the molecule is COc1cccc(C2(CO)CN(C)CC2C#N)c1. The molecule has 2 atom stereocenters. The van der Waals surface area contributed by atoms with E-state index in [2.05, 4.69) is 11.0 Å². The molecule has 4 nitrogen and oxygen atoms in total. The Morgan fingerprint density at radius 3 is 3.00 bits per heavy atom. The van der Waals surface area contributed by atoms with Gasteiger partial charge in [-0.25, -0.2) is 0 Å². The van der Waals surface area contributed by atoms with Gasteiger partial charge in [0.15, 0.2) is 0 Å². The van der Waals surface area contributed by atoms with E-state index < -0.39 is 5.41 Å². The van der Waals surface area contributed by atoms with Gasteiger partial charge in [-0.3, -0.25) is 0 Å². The smallest absolute Gasteiger partial charge is 0.119 e. The number of nitriles is 1. The molecule has 1 aliphatic heterocycles. The summed E-state index contributed by atoms with van der Waals surface area (Å²) in [5.74, 6) is 0.561. The number of aliphatic hydroxyl groups excluding tert-OH is 1. The number of rotatable bonds is 3. The molecule has 2 unspecified atom stereocenters. The van der Waals surface area contributed by atoms with Gasteiger partial charge in [0.1, 0.15) is 5.75 Å². The van der Waals surface area contributed by atoms with Crippen LogP contribution in [0.2, 0.25) is 0 Å². The van der Waals surface area contributed by atoms with Crippen LogP contribution in [0.1, 0.15) is 5.56 Å². The van der Waals surface area contributed by atoms with Gasteiger partial charge < -0.3 is 14.7 Å². The van der Waals surface area contributed by atoms with Gasteiger partial charge in [0.05, 0.1) is 25.7 Å². The monoisotopic (exact) mass is 246 g/mol. The van der Waals surface area contributed by atoms with Crippen LogP contribution in [-0.4, -0.2) is 43.9 Å². The number of ether oxygens (including phenoxy) is 1. The highest BCUT2D eigenvalue weighted by Gasteiger charge is 2.46. The molecule has 1 aromatic carbocycles. The second-order valence-electron chi connectivity index (χ2n) is 4.92. The van der Waals surface area contributed by atoms with Crippen LogP contribution in [0.5, 0.6) is 5.75 Å². The van der Waals surface area contributed by atoms with Gasteiger partial charge in [-0.2, -0.15) is 5.26 Å². The minimum atomic E-state index is -0.502. The Balaban J connectivity index is 2.46. The predicted molar refractivity (Wildman–Crippen MR) is 68.4 cm³/mol. The molecule has 0 saturated carbocycles. The summed E-state index contributed by atoms with van der Waals surface area (Å²) in [6.45, 7) is 1.35. The molecule has 0 aromatic heterocycles. The minimum absolute atomic E-state index is 0.0251. The van der Waals surface area contributed by atoms with Crippen LogP contribution in [0.25, 0.3) is 0 Å². The molecule has 0 aliphatic carbocycles. The Kier molecular flexibility index (Phi) is 3.55. The van der Waals surface area contributed by atoms with Crippen molar-refractivity contribution in [1.29, 1.82) is 5.26 Å². The second-order valence-corrected chi connectivity index (χ2v) is 4.92. The van der Waals surface area contributed by atoms with Crippen molar-refractivity contribution in [2.24, 2.45) is 5.92 Å². The molecule has 4 heteroatoms. The van der Waals surface area contributed by atoms with E-state index >= 15 is 0 Å². The number of likely N-dealkylation sites (N-methyl/N-ethyl adjacent to an activating group) is 1. The van der Waals surface area contributed by atoms with Crippen LogP contribution >= 0.6 is 0 Å². The second kappa shape index (κ2) is 4.97. The molecule has 1 fully saturated rings.